The number of amides is 1. The molecule has 0 unspecified atom stereocenters. The predicted molar refractivity (Wildman–Crippen MR) is 137 cm³/mol. The summed E-state index contributed by atoms with van der Waals surface area (Å²) in [6.07, 6.45) is 3.31. The first kappa shape index (κ1) is 23.8. The molecule has 0 saturated carbocycles. The van der Waals surface area contributed by atoms with Gasteiger partial charge in [-0.15, -0.1) is 0 Å². The summed E-state index contributed by atoms with van der Waals surface area (Å²) in [6.45, 7) is 7.28. The largest absolute Gasteiger partial charge is 0.456 e. The van der Waals surface area contributed by atoms with Crippen molar-refractivity contribution >= 4 is 17.6 Å². The van der Waals surface area contributed by atoms with Crippen LogP contribution in [-0.4, -0.2) is 27.4 Å². The van der Waals surface area contributed by atoms with Crippen molar-refractivity contribution in [3.05, 3.63) is 102 Å². The van der Waals surface area contributed by atoms with Gasteiger partial charge in [0.05, 0.1) is 11.3 Å². The summed E-state index contributed by atoms with van der Waals surface area (Å²) in [4.78, 5) is 34.9. The highest BCUT2D eigenvalue weighted by Gasteiger charge is 2.22. The Labute approximate surface area is 205 Å². The van der Waals surface area contributed by atoms with Gasteiger partial charge in [-0.2, -0.15) is 0 Å². The van der Waals surface area contributed by atoms with Gasteiger partial charge in [-0.1, -0.05) is 48.5 Å². The molecule has 4 aromatic rings. The van der Waals surface area contributed by atoms with Crippen molar-refractivity contribution in [3.63, 3.8) is 0 Å². The van der Waals surface area contributed by atoms with Crippen molar-refractivity contribution in [2.45, 2.75) is 33.3 Å². The maximum atomic E-state index is 13.4. The molecule has 1 N–H and O–H groups in total. The van der Waals surface area contributed by atoms with Gasteiger partial charge in [0, 0.05) is 23.5 Å². The Kier molecular flexibility index (Phi) is 6.73. The molecule has 35 heavy (non-hydrogen) atoms. The highest BCUT2D eigenvalue weighted by Crippen LogP contribution is 2.28. The molecule has 0 saturated heterocycles. The summed E-state index contributed by atoms with van der Waals surface area (Å²) < 4.78 is 5.59. The van der Waals surface area contributed by atoms with E-state index in [-0.39, 0.29) is 11.5 Å². The molecule has 0 radical (unpaired) electrons. The average Bonchev–Trinajstić information content (AvgIpc) is 2.84. The van der Waals surface area contributed by atoms with Crippen LogP contribution in [0.3, 0.4) is 0 Å². The zero-order valence-corrected chi connectivity index (χ0v) is 20.2. The van der Waals surface area contributed by atoms with Gasteiger partial charge in [-0.05, 0) is 68.7 Å². The molecule has 0 atom stereocenters. The molecular weight excluding hydrogens is 438 g/mol. The topological polar surface area (TPSA) is 81.2 Å². The summed E-state index contributed by atoms with van der Waals surface area (Å²) in [6, 6.07) is 22.3. The number of nitrogens with one attached hydrogen (secondary N) is 1. The van der Waals surface area contributed by atoms with E-state index >= 15 is 0 Å². The predicted octanol–water partition coefficient (Wildman–Crippen LogP) is 6.33. The average molecular weight is 466 g/mol. The van der Waals surface area contributed by atoms with E-state index in [1.54, 1.807) is 36.7 Å². The zero-order valence-electron chi connectivity index (χ0n) is 20.2. The van der Waals surface area contributed by atoms with Crippen LogP contribution in [0.1, 0.15) is 47.1 Å². The van der Waals surface area contributed by atoms with Crippen LogP contribution >= 0.6 is 0 Å². The molecule has 0 fully saturated rings. The van der Waals surface area contributed by atoms with E-state index in [1.807, 2.05) is 76.2 Å². The van der Waals surface area contributed by atoms with E-state index in [1.165, 1.54) is 0 Å². The van der Waals surface area contributed by atoms with Gasteiger partial charge in [-0.25, -0.2) is 14.8 Å². The minimum absolute atomic E-state index is 0.285. The molecule has 1 aromatic heterocycles. The first-order chi connectivity index (χ1) is 16.7. The van der Waals surface area contributed by atoms with Crippen LogP contribution in [0, 0.1) is 6.92 Å². The number of hydrogen-bond donors (Lipinski definition) is 1. The van der Waals surface area contributed by atoms with Gasteiger partial charge in [0.25, 0.3) is 5.91 Å². The highest BCUT2D eigenvalue weighted by atomic mass is 16.6. The molecular formula is C29H27N3O3. The molecule has 0 spiro atoms. The van der Waals surface area contributed by atoms with Crippen molar-refractivity contribution in [2.24, 2.45) is 0 Å². The molecule has 1 heterocycles. The Morgan fingerprint density at radius 2 is 1.46 bits per heavy atom. The van der Waals surface area contributed by atoms with Crippen LogP contribution in [0.4, 0.5) is 5.69 Å². The quantitative estimate of drug-likeness (QED) is 0.349. The number of hydrogen-bond acceptors (Lipinski definition) is 5. The fourth-order valence-corrected chi connectivity index (χ4v) is 3.61. The number of anilines is 1. The van der Waals surface area contributed by atoms with E-state index in [0.717, 1.165) is 22.3 Å². The second kappa shape index (κ2) is 9.89. The first-order valence-corrected chi connectivity index (χ1v) is 11.3. The maximum absolute atomic E-state index is 13.4. The minimum Gasteiger partial charge on any atom is -0.456 e. The van der Waals surface area contributed by atoms with Gasteiger partial charge in [0.15, 0.2) is 5.82 Å². The molecule has 6 heteroatoms. The van der Waals surface area contributed by atoms with Gasteiger partial charge in [0.1, 0.15) is 5.60 Å². The van der Waals surface area contributed by atoms with Crippen LogP contribution < -0.4 is 5.32 Å². The van der Waals surface area contributed by atoms with Crippen LogP contribution in [0.15, 0.2) is 85.2 Å². The molecule has 0 aliphatic carbocycles. The maximum Gasteiger partial charge on any atom is 0.340 e. The van der Waals surface area contributed by atoms with Gasteiger partial charge < -0.3 is 10.1 Å². The van der Waals surface area contributed by atoms with E-state index < -0.39 is 11.6 Å². The second-order valence-corrected chi connectivity index (χ2v) is 9.18. The van der Waals surface area contributed by atoms with Gasteiger partial charge in [0.2, 0.25) is 0 Å². The normalized spacial score (nSPS) is 11.1. The lowest BCUT2D eigenvalue weighted by Gasteiger charge is -2.21. The number of carbonyl (C=O) groups excluding carboxylic acids is 2. The Bertz CT molecular complexity index is 1360. The Morgan fingerprint density at radius 3 is 2.14 bits per heavy atom. The van der Waals surface area contributed by atoms with E-state index in [9.17, 15) is 9.59 Å². The number of benzene rings is 3. The van der Waals surface area contributed by atoms with Crippen LogP contribution in [0.5, 0.6) is 0 Å². The molecule has 4 rings (SSSR count). The monoisotopic (exact) mass is 465 g/mol. The zero-order chi connectivity index (χ0) is 25.0. The van der Waals surface area contributed by atoms with E-state index in [4.69, 9.17) is 4.74 Å². The molecule has 6 nitrogen and oxygen atoms in total. The summed E-state index contributed by atoms with van der Waals surface area (Å²) in [7, 11) is 0. The number of ether oxygens (including phenoxy) is 1. The third-order valence-electron chi connectivity index (χ3n) is 5.30. The number of aromatic nitrogens is 2. The SMILES string of the molecule is Cc1ccc(-c2ncccn2)cc1C(=O)Nc1cc(-c2ccccc2)ccc1C(=O)OC(C)(C)C. The highest BCUT2D eigenvalue weighted by molar-refractivity contribution is 6.09. The summed E-state index contributed by atoms with van der Waals surface area (Å²) >= 11 is 0. The van der Waals surface area contributed by atoms with Crippen molar-refractivity contribution in [3.8, 4) is 22.5 Å². The number of rotatable bonds is 5. The van der Waals surface area contributed by atoms with Crippen LogP contribution in [0.2, 0.25) is 0 Å². The third kappa shape index (κ3) is 5.79. The summed E-state index contributed by atoms with van der Waals surface area (Å²) in [5.74, 6) is -0.312. The molecule has 3 aromatic carbocycles. The van der Waals surface area contributed by atoms with E-state index in [2.05, 4.69) is 15.3 Å². The Balaban J connectivity index is 1.72. The number of nitrogens with zero attached hydrogens (tertiary/aromatic N) is 2. The van der Waals surface area contributed by atoms with E-state index in [0.29, 0.717) is 17.1 Å². The molecule has 0 aliphatic heterocycles. The fourth-order valence-electron chi connectivity index (χ4n) is 3.61. The van der Waals surface area contributed by atoms with Crippen molar-refractivity contribution in [1.29, 1.82) is 0 Å². The van der Waals surface area contributed by atoms with Crippen molar-refractivity contribution in [1.82, 2.24) is 9.97 Å². The lowest BCUT2D eigenvalue weighted by molar-refractivity contribution is 0.00708. The smallest absolute Gasteiger partial charge is 0.340 e. The number of esters is 1. The molecule has 0 aliphatic rings. The van der Waals surface area contributed by atoms with Crippen molar-refractivity contribution in [2.75, 3.05) is 5.32 Å². The Morgan fingerprint density at radius 1 is 0.771 bits per heavy atom. The number of carbonyl (C=O) groups is 2. The molecule has 1 amide bonds. The Hall–Kier alpha value is -4.32. The van der Waals surface area contributed by atoms with Crippen LogP contribution in [0.25, 0.3) is 22.5 Å². The fraction of sp³-hybridized carbons (Fsp3) is 0.172. The second-order valence-electron chi connectivity index (χ2n) is 9.18. The minimum atomic E-state index is -0.670. The van der Waals surface area contributed by atoms with Crippen molar-refractivity contribution < 1.29 is 14.3 Å². The standard InChI is InChI=1S/C29H27N3O3/c1-19-11-12-22(26-30-15-8-16-31-26)17-24(19)27(33)32-25-18-21(20-9-6-5-7-10-20)13-14-23(25)28(34)35-29(2,3)4/h5-18H,1-4H3,(H,32,33). The van der Waals surface area contributed by atoms with Gasteiger partial charge >= 0.3 is 5.97 Å². The summed E-state index contributed by atoms with van der Waals surface area (Å²) in [5, 5.41) is 2.94. The lowest BCUT2D eigenvalue weighted by atomic mass is 10.0. The summed E-state index contributed by atoms with van der Waals surface area (Å²) in [5.41, 5.74) is 3.83. The third-order valence-corrected chi connectivity index (χ3v) is 5.30. The van der Waals surface area contributed by atoms with Gasteiger partial charge in [-0.3, -0.25) is 4.79 Å². The lowest BCUT2D eigenvalue weighted by Crippen LogP contribution is -2.25. The molecule has 176 valence electrons. The first-order valence-electron chi connectivity index (χ1n) is 11.3. The van der Waals surface area contributed by atoms with Crippen LogP contribution in [-0.2, 0) is 4.74 Å². The molecule has 0 bridgehead atoms. The number of aryl methyl sites for hydroxylation is 1.